The van der Waals surface area contributed by atoms with Crippen LogP contribution in [0.3, 0.4) is 0 Å². The average Bonchev–Trinajstić information content (AvgIpc) is 2.52. The molecule has 2 atom stereocenters. The smallest absolute Gasteiger partial charge is 0.127 e. The van der Waals surface area contributed by atoms with E-state index in [1.165, 1.54) is 17.8 Å². The van der Waals surface area contributed by atoms with Crippen LogP contribution in [0.25, 0.3) is 0 Å². The van der Waals surface area contributed by atoms with Crippen molar-refractivity contribution in [2.75, 3.05) is 6.61 Å². The first-order valence-corrected chi connectivity index (χ1v) is 8.29. The Balaban J connectivity index is 2.37. The minimum absolute atomic E-state index is 0.0856. The topological polar surface area (TPSA) is 20.2 Å². The maximum Gasteiger partial charge on any atom is 0.127 e. The van der Waals surface area contributed by atoms with Crippen molar-refractivity contribution in [2.24, 2.45) is 5.92 Å². The van der Waals surface area contributed by atoms with Crippen molar-refractivity contribution in [2.45, 2.75) is 23.5 Å². The second-order valence-electron chi connectivity index (χ2n) is 5.01. The largest absolute Gasteiger partial charge is 0.396 e. The van der Waals surface area contributed by atoms with Gasteiger partial charge in [-0.15, -0.1) is 11.8 Å². The van der Waals surface area contributed by atoms with E-state index in [0.717, 1.165) is 17.0 Å². The number of hydrogen-bond donors (Lipinski definition) is 1. The third-order valence-electron chi connectivity index (χ3n) is 3.53. The molecular weight excluding hydrogens is 326 g/mol. The van der Waals surface area contributed by atoms with Crippen molar-refractivity contribution in [3.8, 4) is 0 Å². The fourth-order valence-electron chi connectivity index (χ4n) is 2.24. The molecule has 0 spiro atoms. The monoisotopic (exact) mass is 342 g/mol. The number of benzene rings is 2. The highest BCUT2D eigenvalue weighted by molar-refractivity contribution is 7.99. The Morgan fingerprint density at radius 3 is 2.41 bits per heavy atom. The number of aliphatic hydroxyl groups excluding tert-OH is 1. The molecule has 118 valence electrons. The Morgan fingerprint density at radius 1 is 1.14 bits per heavy atom. The van der Waals surface area contributed by atoms with Gasteiger partial charge < -0.3 is 5.11 Å². The van der Waals surface area contributed by atoms with Crippen LogP contribution in [-0.4, -0.2) is 11.7 Å². The van der Waals surface area contributed by atoms with Crippen LogP contribution in [0.2, 0.25) is 5.02 Å². The molecule has 22 heavy (non-hydrogen) atoms. The third kappa shape index (κ3) is 4.22. The summed E-state index contributed by atoms with van der Waals surface area (Å²) in [5.74, 6) is -1.11. The highest BCUT2D eigenvalue weighted by Crippen LogP contribution is 2.43. The normalized spacial score (nSPS) is 13.9. The number of rotatable bonds is 6. The molecule has 0 radical (unpaired) electrons. The van der Waals surface area contributed by atoms with Gasteiger partial charge in [0.25, 0.3) is 0 Å². The predicted molar refractivity (Wildman–Crippen MR) is 87.3 cm³/mol. The molecule has 2 aromatic rings. The molecule has 5 heteroatoms. The lowest BCUT2D eigenvalue weighted by molar-refractivity contribution is 0.219. The number of thioether (sulfide) groups is 1. The van der Waals surface area contributed by atoms with Gasteiger partial charge in [0.05, 0.1) is 0 Å². The zero-order valence-electron chi connectivity index (χ0n) is 12.1. The van der Waals surface area contributed by atoms with E-state index in [9.17, 15) is 13.9 Å². The van der Waals surface area contributed by atoms with Crippen molar-refractivity contribution >= 4 is 23.4 Å². The Kier molecular flexibility index (Phi) is 6.24. The summed E-state index contributed by atoms with van der Waals surface area (Å²) in [7, 11) is 0. The van der Waals surface area contributed by atoms with Crippen LogP contribution in [0, 0.1) is 17.6 Å². The van der Waals surface area contributed by atoms with Crippen LogP contribution in [-0.2, 0) is 0 Å². The third-order valence-corrected chi connectivity index (χ3v) is 5.22. The standard InChI is InChI=1S/C17H17ClF2OS/c1-2-11(10-21)17(15-9-13(19)5-8-16(15)20)22-14-6-3-12(18)4-7-14/h3-9,11,17,21H,2,10H2,1H3. The summed E-state index contributed by atoms with van der Waals surface area (Å²) in [5, 5.41) is 9.84. The molecule has 2 aromatic carbocycles. The maximum absolute atomic E-state index is 14.1. The lowest BCUT2D eigenvalue weighted by Crippen LogP contribution is -2.15. The fourth-order valence-corrected chi connectivity index (χ4v) is 3.74. The molecule has 0 fully saturated rings. The van der Waals surface area contributed by atoms with Crippen molar-refractivity contribution in [1.29, 1.82) is 0 Å². The Bertz CT molecular complexity index is 615. The lowest BCUT2D eigenvalue weighted by atomic mass is 9.96. The Morgan fingerprint density at radius 2 is 1.82 bits per heavy atom. The van der Waals surface area contributed by atoms with Crippen LogP contribution in [0.15, 0.2) is 47.4 Å². The van der Waals surface area contributed by atoms with E-state index in [-0.39, 0.29) is 23.3 Å². The molecule has 0 saturated heterocycles. The van der Waals surface area contributed by atoms with E-state index < -0.39 is 11.6 Å². The van der Waals surface area contributed by atoms with Crippen LogP contribution < -0.4 is 0 Å². The number of halogens is 3. The average molecular weight is 343 g/mol. The minimum atomic E-state index is -0.481. The predicted octanol–water partition coefficient (Wildman–Crippen LogP) is 5.47. The molecule has 2 rings (SSSR count). The number of aliphatic hydroxyl groups is 1. The van der Waals surface area contributed by atoms with Gasteiger partial charge in [-0.25, -0.2) is 8.78 Å². The van der Waals surface area contributed by atoms with Crippen molar-refractivity contribution in [1.82, 2.24) is 0 Å². The second kappa shape index (κ2) is 7.95. The summed E-state index contributed by atoms with van der Waals surface area (Å²) < 4.78 is 27.7. The van der Waals surface area contributed by atoms with Gasteiger partial charge in [-0.1, -0.05) is 18.5 Å². The molecule has 2 unspecified atom stereocenters. The summed E-state index contributed by atoms with van der Waals surface area (Å²) in [6.07, 6.45) is 0.664. The van der Waals surface area contributed by atoms with Gasteiger partial charge in [0.15, 0.2) is 0 Å². The summed E-state index contributed by atoms with van der Waals surface area (Å²) >= 11 is 7.27. The van der Waals surface area contributed by atoms with Gasteiger partial charge in [0, 0.05) is 27.3 Å². The van der Waals surface area contributed by atoms with Gasteiger partial charge in [-0.2, -0.15) is 0 Å². The first kappa shape index (κ1) is 17.3. The molecule has 0 amide bonds. The van der Waals surface area contributed by atoms with Crippen LogP contribution >= 0.6 is 23.4 Å². The lowest BCUT2D eigenvalue weighted by Gasteiger charge is -2.25. The van der Waals surface area contributed by atoms with E-state index in [1.807, 2.05) is 19.1 Å². The summed E-state index contributed by atoms with van der Waals surface area (Å²) in [6.45, 7) is 1.84. The SMILES string of the molecule is CCC(CO)C(Sc1ccc(Cl)cc1)c1cc(F)ccc1F. The summed E-state index contributed by atoms with van der Waals surface area (Å²) in [6, 6.07) is 10.6. The highest BCUT2D eigenvalue weighted by Gasteiger charge is 2.25. The molecule has 1 N–H and O–H groups in total. The van der Waals surface area contributed by atoms with E-state index in [1.54, 1.807) is 12.1 Å². The molecule has 1 nitrogen and oxygen atoms in total. The summed E-state index contributed by atoms with van der Waals surface area (Å²) in [5.41, 5.74) is 0.279. The maximum atomic E-state index is 14.1. The van der Waals surface area contributed by atoms with Gasteiger partial charge >= 0.3 is 0 Å². The van der Waals surface area contributed by atoms with E-state index in [0.29, 0.717) is 11.4 Å². The van der Waals surface area contributed by atoms with Gasteiger partial charge in [-0.3, -0.25) is 0 Å². The van der Waals surface area contributed by atoms with E-state index >= 15 is 0 Å². The molecule has 0 bridgehead atoms. The van der Waals surface area contributed by atoms with Gasteiger partial charge in [-0.05, 0) is 54.8 Å². The van der Waals surface area contributed by atoms with Gasteiger partial charge in [0.1, 0.15) is 11.6 Å². The van der Waals surface area contributed by atoms with Crippen LogP contribution in [0.5, 0.6) is 0 Å². The van der Waals surface area contributed by atoms with Crippen molar-refractivity contribution in [3.63, 3.8) is 0 Å². The zero-order chi connectivity index (χ0) is 16.1. The van der Waals surface area contributed by atoms with Crippen LogP contribution in [0.4, 0.5) is 8.78 Å². The quantitative estimate of drug-likeness (QED) is 0.702. The van der Waals surface area contributed by atoms with Crippen molar-refractivity contribution < 1.29 is 13.9 Å². The minimum Gasteiger partial charge on any atom is -0.396 e. The van der Waals surface area contributed by atoms with E-state index in [2.05, 4.69) is 0 Å². The van der Waals surface area contributed by atoms with E-state index in [4.69, 9.17) is 11.6 Å². The first-order chi connectivity index (χ1) is 10.5. The molecule has 0 saturated carbocycles. The Labute approximate surface area is 138 Å². The Hall–Kier alpha value is -1.10. The molecule has 0 aliphatic carbocycles. The molecule has 0 aliphatic rings. The highest BCUT2D eigenvalue weighted by atomic mass is 35.5. The van der Waals surface area contributed by atoms with Crippen LogP contribution in [0.1, 0.15) is 24.2 Å². The second-order valence-corrected chi connectivity index (χ2v) is 6.66. The fraction of sp³-hybridized carbons (Fsp3) is 0.294. The summed E-state index contributed by atoms with van der Waals surface area (Å²) in [4.78, 5) is 0.893. The number of hydrogen-bond acceptors (Lipinski definition) is 2. The molecule has 0 aliphatic heterocycles. The molecule has 0 heterocycles. The van der Waals surface area contributed by atoms with Gasteiger partial charge in [0.2, 0.25) is 0 Å². The zero-order valence-corrected chi connectivity index (χ0v) is 13.7. The van der Waals surface area contributed by atoms with Crippen molar-refractivity contribution in [3.05, 3.63) is 64.7 Å². The first-order valence-electron chi connectivity index (χ1n) is 7.03. The molecular formula is C17H17ClF2OS. The molecule has 0 aromatic heterocycles.